The number of esters is 1. The lowest BCUT2D eigenvalue weighted by atomic mass is 10.0. The predicted octanol–water partition coefficient (Wildman–Crippen LogP) is 8.95. The lowest BCUT2D eigenvalue weighted by Crippen LogP contribution is -2.04. The normalized spacial score (nSPS) is 9.98. The minimum Gasteiger partial charge on any atom is -0.508 e. The second-order valence-corrected chi connectivity index (χ2v) is 10.3. The van der Waals surface area contributed by atoms with Gasteiger partial charge < -0.3 is 20.1 Å². The van der Waals surface area contributed by atoms with Gasteiger partial charge in [-0.1, -0.05) is 115 Å². The zero-order valence-corrected chi connectivity index (χ0v) is 25.1. The van der Waals surface area contributed by atoms with Crippen molar-refractivity contribution in [2.75, 3.05) is 0 Å². The van der Waals surface area contributed by atoms with E-state index >= 15 is 0 Å². The molecule has 45 heavy (non-hydrogen) atoms. The molecule has 0 unspecified atom stereocenters. The van der Waals surface area contributed by atoms with Gasteiger partial charge in [-0.25, -0.2) is 0 Å². The number of benzene rings is 6. The van der Waals surface area contributed by atoms with Crippen LogP contribution < -0.4 is 4.74 Å². The SMILES string of the molecule is CC(=O)Oc1ccc(O)cc1Cc1ccccc1.Oc1ccc(-c2ccccc2)cc1.Oc1ccc(Cc2ccccc2)cc1. The van der Waals surface area contributed by atoms with Crippen LogP contribution in [0.1, 0.15) is 29.2 Å². The summed E-state index contributed by atoms with van der Waals surface area (Å²) < 4.78 is 5.12. The Morgan fingerprint density at radius 3 is 1.44 bits per heavy atom. The fourth-order valence-electron chi connectivity index (χ4n) is 4.50. The van der Waals surface area contributed by atoms with Crippen LogP contribution in [0.5, 0.6) is 23.0 Å². The molecule has 0 heterocycles. The van der Waals surface area contributed by atoms with Crippen LogP contribution in [0.2, 0.25) is 0 Å². The molecule has 226 valence electrons. The van der Waals surface area contributed by atoms with Gasteiger partial charge in [-0.15, -0.1) is 0 Å². The Hall–Kier alpha value is -5.81. The Morgan fingerprint density at radius 2 is 0.911 bits per heavy atom. The second kappa shape index (κ2) is 16.7. The maximum atomic E-state index is 11.0. The van der Waals surface area contributed by atoms with E-state index in [1.54, 1.807) is 36.4 Å². The third-order valence-corrected chi connectivity index (χ3v) is 6.70. The predicted molar refractivity (Wildman–Crippen MR) is 180 cm³/mol. The quantitative estimate of drug-likeness (QED) is 0.132. The molecule has 0 bridgehead atoms. The zero-order valence-electron chi connectivity index (χ0n) is 25.1. The van der Waals surface area contributed by atoms with Gasteiger partial charge in [-0.3, -0.25) is 4.79 Å². The van der Waals surface area contributed by atoms with Crippen molar-refractivity contribution in [3.63, 3.8) is 0 Å². The van der Waals surface area contributed by atoms with Crippen molar-refractivity contribution >= 4 is 5.97 Å². The van der Waals surface area contributed by atoms with Gasteiger partial charge >= 0.3 is 5.97 Å². The number of ether oxygens (including phenoxy) is 1. The van der Waals surface area contributed by atoms with Gasteiger partial charge in [-0.2, -0.15) is 0 Å². The van der Waals surface area contributed by atoms with Crippen LogP contribution in [0.15, 0.2) is 158 Å². The summed E-state index contributed by atoms with van der Waals surface area (Å²) in [5, 5.41) is 27.7. The van der Waals surface area contributed by atoms with E-state index in [9.17, 15) is 9.90 Å². The summed E-state index contributed by atoms with van der Waals surface area (Å²) in [7, 11) is 0. The molecule has 5 heteroatoms. The molecule has 6 aromatic rings. The Morgan fingerprint density at radius 1 is 0.489 bits per heavy atom. The molecule has 0 amide bonds. The highest BCUT2D eigenvalue weighted by atomic mass is 16.5. The van der Waals surface area contributed by atoms with Crippen molar-refractivity contribution < 1.29 is 24.9 Å². The van der Waals surface area contributed by atoms with Crippen LogP contribution in [-0.2, 0) is 17.6 Å². The number of hydrogen-bond acceptors (Lipinski definition) is 5. The van der Waals surface area contributed by atoms with Crippen molar-refractivity contribution in [1.29, 1.82) is 0 Å². The molecular formula is C40H36O5. The molecule has 0 aromatic heterocycles. The topological polar surface area (TPSA) is 87.0 Å². The van der Waals surface area contributed by atoms with E-state index in [-0.39, 0.29) is 11.7 Å². The average molecular weight is 597 g/mol. The molecule has 0 saturated heterocycles. The van der Waals surface area contributed by atoms with Gasteiger partial charge in [-0.05, 0) is 76.7 Å². The second-order valence-electron chi connectivity index (χ2n) is 10.3. The molecule has 5 nitrogen and oxygen atoms in total. The minimum absolute atomic E-state index is 0.164. The van der Waals surface area contributed by atoms with Gasteiger partial charge in [0.15, 0.2) is 0 Å². The summed E-state index contributed by atoms with van der Waals surface area (Å²) in [5.74, 6) is 0.914. The Balaban J connectivity index is 0.000000156. The van der Waals surface area contributed by atoms with Crippen LogP contribution in [0.3, 0.4) is 0 Å². The highest BCUT2D eigenvalue weighted by Crippen LogP contribution is 2.26. The summed E-state index contributed by atoms with van der Waals surface area (Å²) in [5.41, 5.74) is 6.68. The van der Waals surface area contributed by atoms with E-state index in [1.807, 2.05) is 103 Å². The molecule has 0 saturated carbocycles. The summed E-state index contributed by atoms with van der Waals surface area (Å²) in [6.45, 7) is 1.36. The first-order valence-corrected chi connectivity index (χ1v) is 14.6. The molecule has 0 fully saturated rings. The standard InChI is InChI=1S/C15H14O3.C13H12O.C12H10O/c1-11(16)18-15-8-7-14(17)10-13(15)9-12-5-3-2-4-6-12;14-13-8-6-12(7-9-13)10-11-4-2-1-3-5-11;13-12-8-6-11(7-9-12)10-4-2-1-3-5-10/h2-8,10,17H,9H2,1H3;1-9,14H,10H2;1-9,13H. The molecule has 0 aliphatic rings. The molecule has 3 N–H and O–H groups in total. The molecule has 0 atom stereocenters. The zero-order chi connectivity index (χ0) is 31.9. The third kappa shape index (κ3) is 11.1. The number of phenolic OH excluding ortho intramolecular Hbond substituents is 3. The Labute approximate surface area is 264 Å². The van der Waals surface area contributed by atoms with Crippen molar-refractivity contribution in [2.45, 2.75) is 19.8 Å². The maximum Gasteiger partial charge on any atom is 0.308 e. The molecule has 0 spiro atoms. The molecule has 0 aliphatic heterocycles. The van der Waals surface area contributed by atoms with E-state index in [4.69, 9.17) is 14.9 Å². The Kier molecular flexibility index (Phi) is 11.9. The summed E-state index contributed by atoms with van der Waals surface area (Å²) in [6, 6.07) is 49.5. The van der Waals surface area contributed by atoms with E-state index in [0.29, 0.717) is 23.7 Å². The van der Waals surface area contributed by atoms with Crippen molar-refractivity contribution in [3.05, 3.63) is 180 Å². The molecule has 0 aliphatic carbocycles. The van der Waals surface area contributed by atoms with Crippen LogP contribution in [0.25, 0.3) is 11.1 Å². The fraction of sp³-hybridized carbons (Fsp3) is 0.0750. The monoisotopic (exact) mass is 596 g/mol. The molecule has 6 aromatic carbocycles. The highest BCUT2D eigenvalue weighted by molar-refractivity contribution is 5.70. The van der Waals surface area contributed by atoms with Crippen molar-refractivity contribution in [2.24, 2.45) is 0 Å². The number of aromatic hydroxyl groups is 3. The number of carbonyl (C=O) groups is 1. The summed E-state index contributed by atoms with van der Waals surface area (Å²) in [4.78, 5) is 11.0. The van der Waals surface area contributed by atoms with Gasteiger partial charge in [0.05, 0.1) is 0 Å². The van der Waals surface area contributed by atoms with Gasteiger partial charge in [0.25, 0.3) is 0 Å². The summed E-state index contributed by atoms with van der Waals surface area (Å²) >= 11 is 0. The minimum atomic E-state index is -0.366. The lowest BCUT2D eigenvalue weighted by molar-refractivity contribution is -0.131. The maximum absolute atomic E-state index is 11.0. The number of carbonyl (C=O) groups excluding carboxylic acids is 1. The molecule has 6 rings (SSSR count). The van der Waals surface area contributed by atoms with Crippen molar-refractivity contribution in [1.82, 2.24) is 0 Å². The van der Waals surface area contributed by atoms with Crippen LogP contribution >= 0.6 is 0 Å². The van der Waals surface area contributed by atoms with E-state index in [1.165, 1.54) is 29.7 Å². The highest BCUT2D eigenvalue weighted by Gasteiger charge is 2.08. The molecular weight excluding hydrogens is 560 g/mol. The first-order chi connectivity index (χ1) is 21.9. The number of rotatable bonds is 6. The van der Waals surface area contributed by atoms with Crippen LogP contribution in [0.4, 0.5) is 0 Å². The first-order valence-electron chi connectivity index (χ1n) is 14.6. The fourth-order valence-corrected chi connectivity index (χ4v) is 4.50. The van der Waals surface area contributed by atoms with Gasteiger partial charge in [0.2, 0.25) is 0 Å². The van der Waals surface area contributed by atoms with E-state index in [0.717, 1.165) is 23.1 Å². The lowest BCUT2D eigenvalue weighted by Gasteiger charge is -2.09. The van der Waals surface area contributed by atoms with Crippen molar-refractivity contribution in [3.8, 4) is 34.1 Å². The smallest absolute Gasteiger partial charge is 0.308 e. The third-order valence-electron chi connectivity index (χ3n) is 6.70. The Bertz CT molecular complexity index is 1730. The first kappa shape index (κ1) is 32.1. The van der Waals surface area contributed by atoms with E-state index < -0.39 is 0 Å². The number of phenols is 3. The largest absolute Gasteiger partial charge is 0.508 e. The summed E-state index contributed by atoms with van der Waals surface area (Å²) in [6.07, 6.45) is 1.53. The average Bonchev–Trinajstić information content (AvgIpc) is 3.06. The molecule has 0 radical (unpaired) electrons. The number of hydrogen-bond donors (Lipinski definition) is 3. The van der Waals surface area contributed by atoms with Crippen LogP contribution in [0, 0.1) is 0 Å². The van der Waals surface area contributed by atoms with Gasteiger partial charge in [0, 0.05) is 18.9 Å². The van der Waals surface area contributed by atoms with E-state index in [2.05, 4.69) is 12.1 Å². The van der Waals surface area contributed by atoms with Crippen LogP contribution in [-0.4, -0.2) is 21.3 Å². The van der Waals surface area contributed by atoms with Gasteiger partial charge in [0.1, 0.15) is 23.0 Å².